The Balaban J connectivity index is 2.20. The number of benzene rings is 2. The third-order valence-electron chi connectivity index (χ3n) is 2.67. The van der Waals surface area contributed by atoms with Crippen LogP contribution in [0.1, 0.15) is 5.56 Å². The van der Waals surface area contributed by atoms with Crippen molar-refractivity contribution in [3.8, 4) is 5.75 Å². The summed E-state index contributed by atoms with van der Waals surface area (Å²) >= 11 is 0. The number of nitro groups is 1. The molecule has 0 bridgehead atoms. The number of aromatic hydroxyl groups is 1. The van der Waals surface area contributed by atoms with E-state index in [2.05, 4.69) is 5.32 Å². The molecule has 2 aromatic rings. The van der Waals surface area contributed by atoms with E-state index in [0.29, 0.717) is 0 Å². The van der Waals surface area contributed by atoms with Crippen LogP contribution >= 0.6 is 0 Å². The molecule has 2 aromatic carbocycles. The van der Waals surface area contributed by atoms with Gasteiger partial charge in [0.15, 0.2) is 0 Å². The lowest BCUT2D eigenvalue weighted by Gasteiger charge is -2.09. The average molecular weight is 280 g/mol. The van der Waals surface area contributed by atoms with Crippen molar-refractivity contribution < 1.29 is 18.8 Å². The lowest BCUT2D eigenvalue weighted by Crippen LogP contribution is -2.03. The third-order valence-corrected chi connectivity index (χ3v) is 2.67. The molecule has 7 heteroatoms. The van der Waals surface area contributed by atoms with Gasteiger partial charge in [-0.05, 0) is 24.3 Å². The molecule has 0 spiro atoms. The average Bonchev–Trinajstić information content (AvgIpc) is 2.41. The first-order chi connectivity index (χ1) is 9.47. The zero-order valence-electron chi connectivity index (χ0n) is 10.1. The van der Waals surface area contributed by atoms with Gasteiger partial charge in [-0.2, -0.15) is 0 Å². The quantitative estimate of drug-likeness (QED) is 0.666. The standard InChI is InChI=1S/C13H10F2N2O3/c14-9-1-4-13(18)8(5-9)7-16-12-6-10(17(19)20)2-3-11(12)15/h1-6,16,18H,7H2. The highest BCUT2D eigenvalue weighted by atomic mass is 19.1. The zero-order valence-corrected chi connectivity index (χ0v) is 10.1. The van der Waals surface area contributed by atoms with Crippen LogP contribution in [0.25, 0.3) is 0 Å². The summed E-state index contributed by atoms with van der Waals surface area (Å²) < 4.78 is 26.5. The Hall–Kier alpha value is -2.70. The number of phenolic OH excluding ortho intramolecular Hbond substituents is 1. The highest BCUT2D eigenvalue weighted by molar-refractivity contribution is 5.53. The minimum absolute atomic E-state index is 0.0678. The van der Waals surface area contributed by atoms with Gasteiger partial charge >= 0.3 is 0 Å². The van der Waals surface area contributed by atoms with Gasteiger partial charge in [0.25, 0.3) is 5.69 Å². The summed E-state index contributed by atoms with van der Waals surface area (Å²) in [6, 6.07) is 6.40. The summed E-state index contributed by atoms with van der Waals surface area (Å²) in [5, 5.41) is 22.7. The van der Waals surface area contributed by atoms with E-state index < -0.39 is 16.6 Å². The highest BCUT2D eigenvalue weighted by Crippen LogP contribution is 2.24. The van der Waals surface area contributed by atoms with Crippen molar-refractivity contribution in [3.05, 3.63) is 63.7 Å². The van der Waals surface area contributed by atoms with Crippen LogP contribution in [0.5, 0.6) is 5.75 Å². The Morgan fingerprint density at radius 1 is 1.20 bits per heavy atom. The van der Waals surface area contributed by atoms with E-state index in [0.717, 1.165) is 30.3 Å². The Bertz CT molecular complexity index is 662. The maximum atomic E-state index is 13.5. The SMILES string of the molecule is O=[N+]([O-])c1ccc(F)c(NCc2cc(F)ccc2O)c1. The minimum Gasteiger partial charge on any atom is -0.508 e. The van der Waals surface area contributed by atoms with Crippen LogP contribution in [0.2, 0.25) is 0 Å². The van der Waals surface area contributed by atoms with Crippen LogP contribution in [-0.2, 0) is 6.54 Å². The largest absolute Gasteiger partial charge is 0.508 e. The smallest absolute Gasteiger partial charge is 0.271 e. The summed E-state index contributed by atoms with van der Waals surface area (Å²) in [6.45, 7) is -0.0678. The van der Waals surface area contributed by atoms with Crippen molar-refractivity contribution in [1.29, 1.82) is 0 Å². The van der Waals surface area contributed by atoms with Gasteiger partial charge in [0.1, 0.15) is 17.4 Å². The predicted molar refractivity (Wildman–Crippen MR) is 68.4 cm³/mol. The molecule has 0 saturated heterocycles. The summed E-state index contributed by atoms with van der Waals surface area (Å²) in [4.78, 5) is 9.95. The summed E-state index contributed by atoms with van der Waals surface area (Å²) in [5.41, 5.74) is -0.142. The lowest BCUT2D eigenvalue weighted by molar-refractivity contribution is -0.384. The normalized spacial score (nSPS) is 10.3. The van der Waals surface area contributed by atoms with Gasteiger partial charge in [0.05, 0.1) is 10.6 Å². The van der Waals surface area contributed by atoms with Gasteiger partial charge in [-0.25, -0.2) is 8.78 Å². The fourth-order valence-electron chi connectivity index (χ4n) is 1.65. The molecule has 0 aliphatic rings. The van der Waals surface area contributed by atoms with Crippen LogP contribution in [0, 0.1) is 21.7 Å². The van der Waals surface area contributed by atoms with Gasteiger partial charge < -0.3 is 10.4 Å². The summed E-state index contributed by atoms with van der Waals surface area (Å²) in [6.07, 6.45) is 0. The van der Waals surface area contributed by atoms with Crippen LogP contribution in [0.4, 0.5) is 20.2 Å². The van der Waals surface area contributed by atoms with Crippen molar-refractivity contribution >= 4 is 11.4 Å². The molecule has 2 rings (SSSR count). The zero-order chi connectivity index (χ0) is 14.7. The number of phenols is 1. The number of anilines is 1. The van der Waals surface area contributed by atoms with Crippen LogP contribution < -0.4 is 5.32 Å². The number of non-ortho nitro benzene ring substituents is 1. The molecule has 0 saturated carbocycles. The summed E-state index contributed by atoms with van der Waals surface area (Å²) in [5.74, 6) is -1.37. The van der Waals surface area contributed by atoms with Crippen molar-refractivity contribution in [3.63, 3.8) is 0 Å². The van der Waals surface area contributed by atoms with Crippen molar-refractivity contribution in [2.75, 3.05) is 5.32 Å². The Labute approximate surface area is 112 Å². The molecule has 104 valence electrons. The van der Waals surface area contributed by atoms with Crippen LogP contribution in [-0.4, -0.2) is 10.0 Å². The van der Waals surface area contributed by atoms with E-state index in [4.69, 9.17) is 0 Å². The fourth-order valence-corrected chi connectivity index (χ4v) is 1.65. The van der Waals surface area contributed by atoms with E-state index in [1.807, 2.05) is 0 Å². The minimum atomic E-state index is -0.675. The molecule has 0 atom stereocenters. The fraction of sp³-hybridized carbons (Fsp3) is 0.0769. The number of nitrogens with zero attached hydrogens (tertiary/aromatic N) is 1. The molecule has 0 aliphatic heterocycles. The van der Waals surface area contributed by atoms with Crippen molar-refractivity contribution in [2.24, 2.45) is 0 Å². The van der Waals surface area contributed by atoms with E-state index in [-0.39, 0.29) is 29.2 Å². The van der Waals surface area contributed by atoms with Gasteiger partial charge in [-0.15, -0.1) is 0 Å². The molecule has 0 fully saturated rings. The number of rotatable bonds is 4. The highest BCUT2D eigenvalue weighted by Gasteiger charge is 2.11. The van der Waals surface area contributed by atoms with Crippen molar-refractivity contribution in [2.45, 2.75) is 6.54 Å². The monoisotopic (exact) mass is 280 g/mol. The first kappa shape index (κ1) is 13.7. The van der Waals surface area contributed by atoms with Gasteiger partial charge in [0, 0.05) is 24.2 Å². The van der Waals surface area contributed by atoms with E-state index in [9.17, 15) is 24.0 Å². The molecule has 0 heterocycles. The molecule has 0 amide bonds. The Morgan fingerprint density at radius 2 is 1.95 bits per heavy atom. The van der Waals surface area contributed by atoms with Gasteiger partial charge in [-0.3, -0.25) is 10.1 Å². The Kier molecular flexibility index (Phi) is 3.79. The van der Waals surface area contributed by atoms with Gasteiger partial charge in [-0.1, -0.05) is 0 Å². The van der Waals surface area contributed by atoms with Crippen molar-refractivity contribution in [1.82, 2.24) is 0 Å². The molecule has 5 nitrogen and oxygen atoms in total. The molecule has 20 heavy (non-hydrogen) atoms. The number of halogens is 2. The second-order valence-electron chi connectivity index (χ2n) is 4.05. The van der Waals surface area contributed by atoms with E-state index in [1.165, 1.54) is 6.07 Å². The van der Waals surface area contributed by atoms with Crippen LogP contribution in [0.15, 0.2) is 36.4 Å². The third kappa shape index (κ3) is 3.00. The second-order valence-corrected chi connectivity index (χ2v) is 4.05. The summed E-state index contributed by atoms with van der Waals surface area (Å²) in [7, 11) is 0. The number of nitrogens with one attached hydrogen (secondary N) is 1. The number of nitro benzene ring substituents is 1. The molecule has 0 unspecified atom stereocenters. The number of hydrogen-bond acceptors (Lipinski definition) is 4. The first-order valence-corrected chi connectivity index (χ1v) is 5.62. The van der Waals surface area contributed by atoms with Crippen LogP contribution in [0.3, 0.4) is 0 Å². The topological polar surface area (TPSA) is 75.4 Å². The molecule has 0 radical (unpaired) electrons. The second kappa shape index (κ2) is 5.52. The predicted octanol–water partition coefficient (Wildman–Crippen LogP) is 3.19. The maximum Gasteiger partial charge on any atom is 0.271 e. The van der Waals surface area contributed by atoms with Gasteiger partial charge in [0.2, 0.25) is 0 Å². The lowest BCUT2D eigenvalue weighted by atomic mass is 10.2. The number of hydrogen-bond donors (Lipinski definition) is 2. The van der Waals surface area contributed by atoms with E-state index >= 15 is 0 Å². The van der Waals surface area contributed by atoms with E-state index in [1.54, 1.807) is 0 Å². The molecular weight excluding hydrogens is 270 g/mol. The molecule has 0 aliphatic carbocycles. The Morgan fingerprint density at radius 3 is 2.65 bits per heavy atom. The first-order valence-electron chi connectivity index (χ1n) is 5.62. The molecule has 0 aromatic heterocycles. The molecule has 2 N–H and O–H groups in total. The maximum absolute atomic E-state index is 13.5. The molecular formula is C13H10F2N2O3.